The zero-order valence-corrected chi connectivity index (χ0v) is 11.2. The quantitative estimate of drug-likeness (QED) is 0.623. The molecule has 3 heteroatoms. The van der Waals surface area contributed by atoms with Crippen LogP contribution < -0.4 is 0 Å². The third-order valence-corrected chi connectivity index (χ3v) is 3.33. The molecular formula is C16H20O3. The first-order valence-electron chi connectivity index (χ1n) is 6.72. The van der Waals surface area contributed by atoms with Crippen molar-refractivity contribution in [2.24, 2.45) is 0 Å². The highest BCUT2D eigenvalue weighted by molar-refractivity contribution is 5.66. The molecule has 0 saturated heterocycles. The molecule has 3 nitrogen and oxygen atoms in total. The predicted octanol–water partition coefficient (Wildman–Crippen LogP) is 2.41. The second-order valence-corrected chi connectivity index (χ2v) is 5.01. The molecular weight excluding hydrogens is 240 g/mol. The second-order valence-electron chi connectivity index (χ2n) is 5.01. The van der Waals surface area contributed by atoms with Gasteiger partial charge in [0.15, 0.2) is 0 Å². The summed E-state index contributed by atoms with van der Waals surface area (Å²) in [5.74, 6) is -0.243. The monoisotopic (exact) mass is 260 g/mol. The van der Waals surface area contributed by atoms with E-state index in [-0.39, 0.29) is 18.2 Å². The Hall–Kier alpha value is -1.61. The Morgan fingerprint density at radius 2 is 1.79 bits per heavy atom. The fourth-order valence-electron chi connectivity index (χ4n) is 2.45. The summed E-state index contributed by atoms with van der Waals surface area (Å²) in [4.78, 5) is 11.1. The number of rotatable bonds is 1. The normalized spacial score (nSPS) is 23.5. The van der Waals surface area contributed by atoms with Gasteiger partial charge in [-0.15, -0.1) is 0 Å². The number of carbonyl (C=O) groups is 1. The van der Waals surface area contributed by atoms with E-state index in [2.05, 4.69) is 0 Å². The van der Waals surface area contributed by atoms with Gasteiger partial charge in [0.25, 0.3) is 0 Å². The van der Waals surface area contributed by atoms with E-state index in [4.69, 9.17) is 4.74 Å². The Morgan fingerprint density at radius 3 is 2.47 bits per heavy atom. The number of ether oxygens (including phenoxy) is 1. The Balaban J connectivity index is 2.22. The fraction of sp³-hybridized carbons (Fsp3) is 0.438. The van der Waals surface area contributed by atoms with Gasteiger partial charge in [-0.1, -0.05) is 36.4 Å². The summed E-state index contributed by atoms with van der Waals surface area (Å²) in [6, 6.07) is 8.05. The fourth-order valence-corrected chi connectivity index (χ4v) is 2.45. The second kappa shape index (κ2) is 6.53. The molecule has 102 valence electrons. The summed E-state index contributed by atoms with van der Waals surface area (Å²) in [6.07, 6.45) is 6.18. The van der Waals surface area contributed by atoms with Crippen LogP contribution in [0.2, 0.25) is 0 Å². The molecule has 0 radical (unpaired) electrons. The third-order valence-electron chi connectivity index (χ3n) is 3.33. The maximum absolute atomic E-state index is 11.1. The molecule has 0 heterocycles. The topological polar surface area (TPSA) is 46.5 Å². The standard InChI is InChI=1S/C16H20O3/c1-12(17)19-16-9-5-4-8-15(18)10-13-6-2-3-7-14(13)11-16/h2-7,15-16,18H,8-11H2,1H3. The maximum atomic E-state index is 11.1. The van der Waals surface area contributed by atoms with Crippen LogP contribution in [0.1, 0.15) is 30.9 Å². The lowest BCUT2D eigenvalue weighted by Crippen LogP contribution is -2.21. The summed E-state index contributed by atoms with van der Waals surface area (Å²) in [6.45, 7) is 1.44. The first kappa shape index (κ1) is 13.8. The number of hydrogen-bond donors (Lipinski definition) is 1. The summed E-state index contributed by atoms with van der Waals surface area (Å²) in [5, 5.41) is 9.95. The van der Waals surface area contributed by atoms with Crippen molar-refractivity contribution in [3.05, 3.63) is 47.5 Å². The van der Waals surface area contributed by atoms with Gasteiger partial charge in [-0.2, -0.15) is 0 Å². The average Bonchev–Trinajstić information content (AvgIpc) is 2.36. The van der Waals surface area contributed by atoms with E-state index >= 15 is 0 Å². The molecule has 1 N–H and O–H groups in total. The van der Waals surface area contributed by atoms with Crippen LogP contribution in [0.4, 0.5) is 0 Å². The number of benzene rings is 1. The highest BCUT2D eigenvalue weighted by Crippen LogP contribution is 2.19. The number of aliphatic hydroxyl groups is 1. The average molecular weight is 260 g/mol. The van der Waals surface area contributed by atoms with Gasteiger partial charge in [-0.25, -0.2) is 0 Å². The minimum atomic E-state index is -0.345. The van der Waals surface area contributed by atoms with Gasteiger partial charge in [0, 0.05) is 19.8 Å². The first-order valence-corrected chi connectivity index (χ1v) is 6.72. The van der Waals surface area contributed by atoms with Gasteiger partial charge in [-0.3, -0.25) is 4.79 Å². The van der Waals surface area contributed by atoms with Gasteiger partial charge in [-0.05, 0) is 24.0 Å². The number of carbonyl (C=O) groups excluding carboxylic acids is 1. The highest BCUT2D eigenvalue weighted by Gasteiger charge is 2.16. The molecule has 1 aliphatic carbocycles. The minimum absolute atomic E-state index is 0.120. The van der Waals surface area contributed by atoms with Crippen molar-refractivity contribution in [1.29, 1.82) is 0 Å². The molecule has 0 aromatic heterocycles. The Morgan fingerprint density at radius 1 is 1.16 bits per heavy atom. The van der Waals surface area contributed by atoms with Crippen molar-refractivity contribution < 1.29 is 14.6 Å². The van der Waals surface area contributed by atoms with Crippen molar-refractivity contribution in [2.75, 3.05) is 0 Å². The smallest absolute Gasteiger partial charge is 0.302 e. The van der Waals surface area contributed by atoms with Crippen LogP contribution in [0.5, 0.6) is 0 Å². The molecule has 1 aromatic rings. The van der Waals surface area contributed by atoms with E-state index in [1.54, 1.807) is 0 Å². The Kier molecular flexibility index (Phi) is 4.74. The Bertz CT molecular complexity index is 465. The summed E-state index contributed by atoms with van der Waals surface area (Å²) >= 11 is 0. The van der Waals surface area contributed by atoms with Crippen molar-refractivity contribution >= 4 is 5.97 Å². The van der Waals surface area contributed by atoms with Crippen LogP contribution in [0, 0.1) is 0 Å². The molecule has 19 heavy (non-hydrogen) atoms. The van der Waals surface area contributed by atoms with Crippen LogP contribution in [0.15, 0.2) is 36.4 Å². The predicted molar refractivity (Wildman–Crippen MR) is 73.8 cm³/mol. The van der Waals surface area contributed by atoms with Crippen LogP contribution in [-0.2, 0) is 22.4 Å². The first-order chi connectivity index (χ1) is 9.15. The molecule has 2 unspecified atom stereocenters. The van der Waals surface area contributed by atoms with Crippen molar-refractivity contribution in [1.82, 2.24) is 0 Å². The molecule has 0 amide bonds. The van der Waals surface area contributed by atoms with Gasteiger partial charge in [0.1, 0.15) is 6.10 Å². The SMILES string of the molecule is CC(=O)OC1CC=CCC(O)Cc2ccccc2C1. The van der Waals surface area contributed by atoms with E-state index in [0.29, 0.717) is 25.7 Å². The van der Waals surface area contributed by atoms with Crippen LogP contribution in [0.3, 0.4) is 0 Å². The zero-order valence-electron chi connectivity index (χ0n) is 11.2. The largest absolute Gasteiger partial charge is 0.462 e. The van der Waals surface area contributed by atoms with E-state index in [9.17, 15) is 9.90 Å². The minimum Gasteiger partial charge on any atom is -0.462 e. The van der Waals surface area contributed by atoms with Crippen molar-refractivity contribution in [3.8, 4) is 0 Å². The number of aliphatic hydroxyl groups excluding tert-OH is 1. The lowest BCUT2D eigenvalue weighted by molar-refractivity contribution is -0.146. The van der Waals surface area contributed by atoms with E-state index in [0.717, 1.165) is 11.1 Å². The lowest BCUT2D eigenvalue weighted by Gasteiger charge is -2.20. The molecule has 0 bridgehead atoms. The zero-order chi connectivity index (χ0) is 13.7. The molecule has 2 atom stereocenters. The molecule has 0 saturated carbocycles. The molecule has 0 spiro atoms. The molecule has 2 rings (SSSR count). The maximum Gasteiger partial charge on any atom is 0.302 e. The number of fused-ring (bicyclic) bond motifs is 1. The Labute approximate surface area is 113 Å². The summed E-state index contributed by atoms with van der Waals surface area (Å²) < 4.78 is 5.35. The number of esters is 1. The molecule has 0 aliphatic heterocycles. The van der Waals surface area contributed by atoms with Crippen molar-refractivity contribution in [3.63, 3.8) is 0 Å². The van der Waals surface area contributed by atoms with E-state index < -0.39 is 0 Å². The van der Waals surface area contributed by atoms with Gasteiger partial charge >= 0.3 is 5.97 Å². The van der Waals surface area contributed by atoms with Gasteiger partial charge in [0.05, 0.1) is 6.10 Å². The van der Waals surface area contributed by atoms with Crippen LogP contribution >= 0.6 is 0 Å². The molecule has 0 fully saturated rings. The molecule has 1 aliphatic rings. The van der Waals surface area contributed by atoms with Crippen LogP contribution in [0.25, 0.3) is 0 Å². The van der Waals surface area contributed by atoms with Gasteiger partial charge in [0.2, 0.25) is 0 Å². The lowest BCUT2D eigenvalue weighted by atomic mass is 9.94. The summed E-state index contributed by atoms with van der Waals surface area (Å²) in [7, 11) is 0. The molecule has 1 aromatic carbocycles. The third kappa shape index (κ3) is 4.21. The van der Waals surface area contributed by atoms with Gasteiger partial charge < -0.3 is 9.84 Å². The van der Waals surface area contributed by atoms with Crippen molar-refractivity contribution in [2.45, 2.75) is 44.8 Å². The highest BCUT2D eigenvalue weighted by atomic mass is 16.5. The van der Waals surface area contributed by atoms with Crippen LogP contribution in [-0.4, -0.2) is 23.3 Å². The summed E-state index contributed by atoms with van der Waals surface area (Å²) in [5.41, 5.74) is 2.30. The number of hydrogen-bond acceptors (Lipinski definition) is 3. The van der Waals surface area contributed by atoms with E-state index in [1.165, 1.54) is 6.92 Å². The van der Waals surface area contributed by atoms with E-state index in [1.807, 2.05) is 36.4 Å².